The van der Waals surface area contributed by atoms with Gasteiger partial charge in [0.15, 0.2) is 0 Å². The predicted molar refractivity (Wildman–Crippen MR) is 70.5 cm³/mol. The second-order valence-electron chi connectivity index (χ2n) is 3.66. The van der Waals surface area contributed by atoms with Crippen molar-refractivity contribution in [1.29, 1.82) is 0 Å². The fourth-order valence-corrected chi connectivity index (χ4v) is 3.40. The molecular formula is C11H8Br2N4. The fraction of sp³-hybridized carbons (Fsp3) is 0.0909. The quantitative estimate of drug-likeness (QED) is 0.628. The summed E-state index contributed by atoms with van der Waals surface area (Å²) in [5.74, 6) is 0. The third kappa shape index (κ3) is 1.63. The number of tetrazole rings is 1. The minimum atomic E-state index is 0.804. The van der Waals surface area contributed by atoms with Gasteiger partial charge in [-0.15, -0.1) is 0 Å². The first-order valence-electron chi connectivity index (χ1n) is 5.01. The van der Waals surface area contributed by atoms with E-state index in [2.05, 4.69) is 54.3 Å². The van der Waals surface area contributed by atoms with Crippen LogP contribution < -0.4 is 9.90 Å². The van der Waals surface area contributed by atoms with Crippen molar-refractivity contribution in [3.63, 3.8) is 0 Å². The van der Waals surface area contributed by atoms with E-state index in [4.69, 9.17) is 0 Å². The summed E-state index contributed by atoms with van der Waals surface area (Å²) in [5.41, 5.74) is 3.00. The number of halogens is 2. The molecule has 3 rings (SSSR count). The summed E-state index contributed by atoms with van der Waals surface area (Å²) in [5, 5.41) is 8.58. The van der Waals surface area contributed by atoms with Gasteiger partial charge >= 0.3 is 0 Å². The molecule has 6 heteroatoms. The van der Waals surface area contributed by atoms with Crippen LogP contribution in [-0.2, 0) is 7.05 Å². The smallest absolute Gasteiger partial charge is 0.0957 e. The van der Waals surface area contributed by atoms with E-state index in [1.54, 1.807) is 16.4 Å². The average molecular weight is 356 g/mol. The Balaban J connectivity index is 2.34. The van der Waals surface area contributed by atoms with Crippen LogP contribution in [0, 0.1) is 0 Å². The molecule has 1 aromatic carbocycles. The lowest BCUT2D eigenvalue weighted by Crippen LogP contribution is -2.35. The van der Waals surface area contributed by atoms with Gasteiger partial charge in [-0.05, 0) is 37.4 Å². The SMILES string of the molecule is C[n+]1nn2c(Br)c(-c3ccccc3)c(Br)c2[n-]1. The Hall–Kier alpha value is -1.14. The Morgan fingerprint density at radius 2 is 1.94 bits per heavy atom. The Morgan fingerprint density at radius 1 is 1.24 bits per heavy atom. The van der Waals surface area contributed by atoms with Gasteiger partial charge in [0.25, 0.3) is 0 Å². The normalized spacial score (nSPS) is 11.2. The fourth-order valence-electron chi connectivity index (χ4n) is 1.80. The Labute approximate surface area is 114 Å². The van der Waals surface area contributed by atoms with Crippen molar-refractivity contribution in [2.75, 3.05) is 0 Å². The maximum Gasteiger partial charge on any atom is 0.0957 e. The van der Waals surface area contributed by atoms with Crippen LogP contribution in [0.1, 0.15) is 0 Å². The van der Waals surface area contributed by atoms with Gasteiger partial charge in [-0.1, -0.05) is 30.3 Å². The number of benzene rings is 1. The lowest BCUT2D eigenvalue weighted by atomic mass is 10.1. The van der Waals surface area contributed by atoms with Gasteiger partial charge in [-0.3, -0.25) is 0 Å². The van der Waals surface area contributed by atoms with Crippen molar-refractivity contribution >= 4 is 37.5 Å². The van der Waals surface area contributed by atoms with Crippen molar-refractivity contribution in [3.05, 3.63) is 39.4 Å². The van der Waals surface area contributed by atoms with Gasteiger partial charge in [-0.2, -0.15) is 10.0 Å². The highest BCUT2D eigenvalue weighted by Crippen LogP contribution is 2.38. The van der Waals surface area contributed by atoms with Crippen LogP contribution in [0.15, 0.2) is 39.4 Å². The number of aryl methyl sites for hydroxylation is 1. The summed E-state index contributed by atoms with van der Waals surface area (Å²) in [7, 11) is 1.80. The monoisotopic (exact) mass is 354 g/mol. The molecule has 0 atom stereocenters. The van der Waals surface area contributed by atoms with E-state index >= 15 is 0 Å². The molecule has 0 saturated heterocycles. The third-order valence-electron chi connectivity index (χ3n) is 2.53. The predicted octanol–water partition coefficient (Wildman–Crippen LogP) is 2.31. The van der Waals surface area contributed by atoms with Crippen molar-refractivity contribution < 1.29 is 4.80 Å². The molecule has 0 N–H and O–H groups in total. The minimum absolute atomic E-state index is 0.804. The Bertz CT molecular complexity index is 647. The summed E-state index contributed by atoms with van der Waals surface area (Å²) in [6.45, 7) is 0. The molecule has 3 aromatic rings. The molecule has 0 saturated carbocycles. The molecule has 0 unspecified atom stereocenters. The highest BCUT2D eigenvalue weighted by molar-refractivity contribution is 9.11. The van der Waals surface area contributed by atoms with E-state index in [0.29, 0.717) is 0 Å². The zero-order valence-electron chi connectivity index (χ0n) is 8.93. The summed E-state index contributed by atoms with van der Waals surface area (Å²) in [6, 6.07) is 10.1. The van der Waals surface area contributed by atoms with Crippen LogP contribution in [0.3, 0.4) is 0 Å². The summed E-state index contributed by atoms with van der Waals surface area (Å²) < 4.78 is 3.62. The van der Waals surface area contributed by atoms with Gasteiger partial charge in [0.2, 0.25) is 0 Å². The first kappa shape index (κ1) is 11.0. The average Bonchev–Trinajstić information content (AvgIpc) is 2.81. The number of nitrogens with zero attached hydrogens (tertiary/aromatic N) is 4. The maximum absolute atomic E-state index is 4.31. The zero-order chi connectivity index (χ0) is 12.0. The second kappa shape index (κ2) is 3.96. The van der Waals surface area contributed by atoms with Crippen LogP contribution in [0.25, 0.3) is 16.8 Å². The molecule has 4 nitrogen and oxygen atoms in total. The number of aromatic nitrogens is 4. The van der Waals surface area contributed by atoms with Gasteiger partial charge in [0, 0.05) is 14.6 Å². The maximum atomic E-state index is 4.31. The molecule has 0 aliphatic heterocycles. The van der Waals surface area contributed by atoms with E-state index in [9.17, 15) is 0 Å². The first-order chi connectivity index (χ1) is 8.18. The van der Waals surface area contributed by atoms with Gasteiger partial charge < -0.3 is 4.52 Å². The molecule has 0 fully saturated rings. The molecule has 2 heterocycles. The molecule has 86 valence electrons. The van der Waals surface area contributed by atoms with Crippen LogP contribution in [-0.4, -0.2) is 9.73 Å². The number of hydrogen-bond donors (Lipinski definition) is 0. The first-order valence-corrected chi connectivity index (χ1v) is 6.59. The lowest BCUT2D eigenvalue weighted by Gasteiger charge is -2.02. The molecular weight excluding hydrogens is 348 g/mol. The number of hydrogen-bond acceptors (Lipinski definition) is 1. The number of rotatable bonds is 1. The van der Waals surface area contributed by atoms with Crippen molar-refractivity contribution in [2.45, 2.75) is 0 Å². The molecule has 0 bridgehead atoms. The summed E-state index contributed by atoms with van der Waals surface area (Å²) in [4.78, 5) is 1.54. The molecule has 0 aliphatic rings. The van der Waals surface area contributed by atoms with Crippen LogP contribution in [0.4, 0.5) is 0 Å². The topological polar surface area (TPSA) is 35.3 Å². The van der Waals surface area contributed by atoms with Crippen LogP contribution in [0.5, 0.6) is 0 Å². The standard InChI is InChI=1S/C11H8Br2N4/c1-16-14-11-9(12)8(10(13)17(11)15-16)7-5-3-2-4-6-7/h2-6H,1H3. The van der Waals surface area contributed by atoms with E-state index in [1.807, 2.05) is 18.2 Å². The molecule has 17 heavy (non-hydrogen) atoms. The molecule has 0 spiro atoms. The van der Waals surface area contributed by atoms with Gasteiger partial charge in [-0.25, -0.2) is 5.10 Å². The highest BCUT2D eigenvalue weighted by Gasteiger charge is 2.14. The van der Waals surface area contributed by atoms with E-state index < -0.39 is 0 Å². The Morgan fingerprint density at radius 3 is 2.59 bits per heavy atom. The number of fused-ring (bicyclic) bond motifs is 1. The van der Waals surface area contributed by atoms with E-state index in [1.165, 1.54) is 0 Å². The second-order valence-corrected chi connectivity index (χ2v) is 5.20. The van der Waals surface area contributed by atoms with E-state index in [0.717, 1.165) is 25.8 Å². The van der Waals surface area contributed by atoms with Crippen LogP contribution >= 0.6 is 31.9 Å². The Kier molecular flexibility index (Phi) is 2.56. The van der Waals surface area contributed by atoms with Crippen LogP contribution in [0.2, 0.25) is 0 Å². The van der Waals surface area contributed by atoms with Crippen molar-refractivity contribution in [2.24, 2.45) is 7.05 Å². The molecule has 0 amide bonds. The highest BCUT2D eigenvalue weighted by atomic mass is 79.9. The molecule has 0 radical (unpaired) electrons. The molecule has 2 aromatic heterocycles. The molecule has 0 aliphatic carbocycles. The summed E-state index contributed by atoms with van der Waals surface area (Å²) in [6.07, 6.45) is 0. The third-order valence-corrected chi connectivity index (χ3v) is 4.01. The van der Waals surface area contributed by atoms with Crippen molar-refractivity contribution in [3.8, 4) is 11.1 Å². The lowest BCUT2D eigenvalue weighted by molar-refractivity contribution is -0.788. The largest absolute Gasteiger partial charge is 0.316 e. The van der Waals surface area contributed by atoms with Gasteiger partial charge in [0.1, 0.15) is 0 Å². The van der Waals surface area contributed by atoms with E-state index in [-0.39, 0.29) is 0 Å². The summed E-state index contributed by atoms with van der Waals surface area (Å²) >= 11 is 7.16. The van der Waals surface area contributed by atoms with Gasteiger partial charge in [0.05, 0.1) is 12.7 Å². The zero-order valence-corrected chi connectivity index (χ0v) is 12.1. The van der Waals surface area contributed by atoms with Crippen molar-refractivity contribution in [1.82, 2.24) is 14.8 Å². The minimum Gasteiger partial charge on any atom is -0.316 e.